The van der Waals surface area contributed by atoms with Crippen LogP contribution in [0.25, 0.3) is 10.9 Å². The zero-order valence-corrected chi connectivity index (χ0v) is 15.1. The molecule has 0 bridgehead atoms. The van der Waals surface area contributed by atoms with Crippen LogP contribution < -0.4 is 10.1 Å². The maximum atomic E-state index is 12.2. The number of amides is 1. The molecule has 0 aliphatic carbocycles. The molecule has 0 unspecified atom stereocenters. The van der Waals surface area contributed by atoms with Gasteiger partial charge in [0.15, 0.2) is 6.61 Å². The SMILES string of the molecule is Cc1cccc(C)c1NC(=O)COc1ncnc2c(Cl)cc(Cl)cc12. The third-order valence-electron chi connectivity index (χ3n) is 3.71. The van der Waals surface area contributed by atoms with Crippen molar-refractivity contribution in [2.24, 2.45) is 0 Å². The first-order valence-corrected chi connectivity index (χ1v) is 8.30. The molecule has 3 rings (SSSR count). The van der Waals surface area contributed by atoms with Crippen LogP contribution in [0.5, 0.6) is 5.88 Å². The fraction of sp³-hybridized carbons (Fsp3) is 0.167. The smallest absolute Gasteiger partial charge is 0.262 e. The van der Waals surface area contributed by atoms with Gasteiger partial charge in [-0.15, -0.1) is 0 Å². The van der Waals surface area contributed by atoms with Crippen LogP contribution in [0.4, 0.5) is 5.69 Å². The van der Waals surface area contributed by atoms with Gasteiger partial charge in [-0.1, -0.05) is 41.4 Å². The highest BCUT2D eigenvalue weighted by Gasteiger charge is 2.12. The van der Waals surface area contributed by atoms with E-state index in [0.29, 0.717) is 20.9 Å². The van der Waals surface area contributed by atoms with E-state index < -0.39 is 0 Å². The Hall–Kier alpha value is -2.37. The number of nitrogens with zero attached hydrogens (tertiary/aromatic N) is 2. The molecule has 7 heteroatoms. The molecule has 25 heavy (non-hydrogen) atoms. The number of aryl methyl sites for hydroxylation is 2. The van der Waals surface area contributed by atoms with Crippen molar-refractivity contribution in [3.8, 4) is 5.88 Å². The number of ether oxygens (including phenoxy) is 1. The molecular weight excluding hydrogens is 361 g/mol. The maximum absolute atomic E-state index is 12.2. The summed E-state index contributed by atoms with van der Waals surface area (Å²) in [5, 5.41) is 4.26. The van der Waals surface area contributed by atoms with Crippen molar-refractivity contribution >= 4 is 45.7 Å². The maximum Gasteiger partial charge on any atom is 0.262 e. The predicted octanol–water partition coefficient (Wildman–Crippen LogP) is 4.57. The summed E-state index contributed by atoms with van der Waals surface area (Å²) in [5.74, 6) is -0.0247. The molecule has 1 amide bonds. The third kappa shape index (κ3) is 3.83. The van der Waals surface area contributed by atoms with Crippen molar-refractivity contribution in [2.45, 2.75) is 13.8 Å². The monoisotopic (exact) mass is 375 g/mol. The van der Waals surface area contributed by atoms with Crippen molar-refractivity contribution in [1.29, 1.82) is 0 Å². The second-order valence-electron chi connectivity index (χ2n) is 5.57. The van der Waals surface area contributed by atoms with E-state index in [1.807, 2.05) is 32.0 Å². The van der Waals surface area contributed by atoms with Gasteiger partial charge in [0, 0.05) is 10.7 Å². The van der Waals surface area contributed by atoms with E-state index in [4.69, 9.17) is 27.9 Å². The number of para-hydroxylation sites is 1. The van der Waals surface area contributed by atoms with Gasteiger partial charge in [-0.05, 0) is 37.1 Å². The highest BCUT2D eigenvalue weighted by atomic mass is 35.5. The number of benzene rings is 2. The summed E-state index contributed by atoms with van der Waals surface area (Å²) >= 11 is 12.2. The molecule has 0 saturated carbocycles. The van der Waals surface area contributed by atoms with Crippen molar-refractivity contribution < 1.29 is 9.53 Å². The van der Waals surface area contributed by atoms with Crippen LogP contribution in [-0.4, -0.2) is 22.5 Å². The van der Waals surface area contributed by atoms with Crippen molar-refractivity contribution in [3.63, 3.8) is 0 Å². The van der Waals surface area contributed by atoms with Crippen LogP contribution in [0.15, 0.2) is 36.7 Å². The van der Waals surface area contributed by atoms with E-state index in [1.165, 1.54) is 6.33 Å². The number of aromatic nitrogens is 2. The molecular formula is C18H15Cl2N3O2. The van der Waals surface area contributed by atoms with E-state index >= 15 is 0 Å². The Morgan fingerprint density at radius 2 is 1.88 bits per heavy atom. The fourth-order valence-electron chi connectivity index (χ4n) is 2.50. The summed E-state index contributed by atoms with van der Waals surface area (Å²) in [5.41, 5.74) is 3.28. The van der Waals surface area contributed by atoms with Crippen LogP contribution in [0.2, 0.25) is 10.0 Å². The molecule has 5 nitrogen and oxygen atoms in total. The van der Waals surface area contributed by atoms with Gasteiger partial charge in [-0.3, -0.25) is 4.79 Å². The van der Waals surface area contributed by atoms with Crippen LogP contribution in [0.1, 0.15) is 11.1 Å². The molecule has 0 fully saturated rings. The van der Waals surface area contributed by atoms with E-state index in [-0.39, 0.29) is 18.4 Å². The van der Waals surface area contributed by atoms with Gasteiger partial charge >= 0.3 is 0 Å². The molecule has 0 spiro atoms. The number of anilines is 1. The lowest BCUT2D eigenvalue weighted by Gasteiger charge is -2.12. The van der Waals surface area contributed by atoms with Gasteiger partial charge < -0.3 is 10.1 Å². The molecule has 0 radical (unpaired) electrons. The third-order valence-corrected chi connectivity index (χ3v) is 4.21. The Morgan fingerprint density at radius 3 is 2.60 bits per heavy atom. The first-order chi connectivity index (χ1) is 12.0. The highest BCUT2D eigenvalue weighted by Crippen LogP contribution is 2.30. The normalized spacial score (nSPS) is 10.7. The molecule has 1 heterocycles. The van der Waals surface area contributed by atoms with Gasteiger partial charge in [0.05, 0.1) is 15.9 Å². The minimum atomic E-state index is -0.280. The van der Waals surface area contributed by atoms with E-state index in [9.17, 15) is 4.79 Å². The number of fused-ring (bicyclic) bond motifs is 1. The first kappa shape index (κ1) is 17.5. The largest absolute Gasteiger partial charge is 0.467 e. The molecule has 0 aliphatic rings. The Kier molecular flexibility index (Phi) is 5.06. The van der Waals surface area contributed by atoms with E-state index in [1.54, 1.807) is 12.1 Å². The summed E-state index contributed by atoms with van der Waals surface area (Å²) in [6.07, 6.45) is 1.33. The zero-order valence-electron chi connectivity index (χ0n) is 13.6. The van der Waals surface area contributed by atoms with E-state index in [0.717, 1.165) is 16.8 Å². The second-order valence-corrected chi connectivity index (χ2v) is 6.41. The average molecular weight is 376 g/mol. The Balaban J connectivity index is 1.78. The zero-order chi connectivity index (χ0) is 18.0. The van der Waals surface area contributed by atoms with E-state index in [2.05, 4.69) is 15.3 Å². The number of nitrogens with one attached hydrogen (secondary N) is 1. The lowest BCUT2D eigenvalue weighted by Crippen LogP contribution is -2.21. The summed E-state index contributed by atoms with van der Waals surface area (Å²) in [6, 6.07) is 9.06. The Morgan fingerprint density at radius 1 is 1.16 bits per heavy atom. The lowest BCUT2D eigenvalue weighted by atomic mass is 10.1. The Bertz CT molecular complexity index is 940. The molecule has 3 aromatic rings. The van der Waals surface area contributed by atoms with Gasteiger partial charge in [-0.2, -0.15) is 0 Å². The summed E-state index contributed by atoms with van der Waals surface area (Å²) < 4.78 is 5.56. The minimum absolute atomic E-state index is 0.190. The van der Waals surface area contributed by atoms with Crippen LogP contribution >= 0.6 is 23.2 Å². The van der Waals surface area contributed by atoms with Crippen molar-refractivity contribution in [3.05, 3.63) is 57.8 Å². The standard InChI is InChI=1S/C18H15Cl2N3O2/c1-10-4-3-5-11(2)16(10)23-15(24)8-25-18-13-6-12(19)7-14(20)17(13)21-9-22-18/h3-7,9H,8H2,1-2H3,(H,23,24). The number of hydrogen-bond acceptors (Lipinski definition) is 4. The summed E-state index contributed by atoms with van der Waals surface area (Å²) in [4.78, 5) is 20.4. The van der Waals surface area contributed by atoms with Crippen LogP contribution in [0, 0.1) is 13.8 Å². The topological polar surface area (TPSA) is 64.1 Å². The van der Waals surface area contributed by atoms with Crippen LogP contribution in [0.3, 0.4) is 0 Å². The highest BCUT2D eigenvalue weighted by molar-refractivity contribution is 6.38. The molecule has 0 atom stereocenters. The van der Waals surface area contributed by atoms with Gasteiger partial charge in [-0.25, -0.2) is 9.97 Å². The first-order valence-electron chi connectivity index (χ1n) is 7.54. The fourth-order valence-corrected chi connectivity index (χ4v) is 3.05. The number of rotatable bonds is 4. The summed E-state index contributed by atoms with van der Waals surface area (Å²) in [7, 11) is 0. The van der Waals surface area contributed by atoms with Gasteiger partial charge in [0.1, 0.15) is 6.33 Å². The molecule has 1 N–H and O–H groups in total. The number of halogens is 2. The molecule has 1 aromatic heterocycles. The number of hydrogen-bond donors (Lipinski definition) is 1. The quantitative estimate of drug-likeness (QED) is 0.725. The number of carbonyl (C=O) groups is 1. The lowest BCUT2D eigenvalue weighted by molar-refractivity contribution is -0.118. The van der Waals surface area contributed by atoms with Crippen LogP contribution in [-0.2, 0) is 4.79 Å². The molecule has 2 aromatic carbocycles. The number of carbonyl (C=O) groups excluding carboxylic acids is 1. The van der Waals surface area contributed by atoms with Gasteiger partial charge in [0.25, 0.3) is 5.91 Å². The minimum Gasteiger partial charge on any atom is -0.467 e. The van der Waals surface area contributed by atoms with Crippen molar-refractivity contribution in [2.75, 3.05) is 11.9 Å². The average Bonchev–Trinajstić information content (AvgIpc) is 2.56. The molecule has 0 aliphatic heterocycles. The summed E-state index contributed by atoms with van der Waals surface area (Å²) in [6.45, 7) is 3.68. The van der Waals surface area contributed by atoms with Crippen molar-refractivity contribution in [1.82, 2.24) is 9.97 Å². The molecule has 128 valence electrons. The molecule has 0 saturated heterocycles. The van der Waals surface area contributed by atoms with Gasteiger partial charge in [0.2, 0.25) is 5.88 Å². The second kappa shape index (κ2) is 7.25. The predicted molar refractivity (Wildman–Crippen MR) is 99.6 cm³/mol. The Labute approximate surface area is 155 Å².